The number of pyridine rings is 1. The molecule has 0 saturated heterocycles. The van der Waals surface area contributed by atoms with Crippen molar-refractivity contribution >= 4 is 27.6 Å². The van der Waals surface area contributed by atoms with Crippen LogP contribution in [0.5, 0.6) is 5.75 Å². The number of hydrogen-bond donors (Lipinski definition) is 0. The SMILES string of the molecule is Cc1cc2ccccc2c(-c2ccc3c4c(ccnc24)CCO3)c1[C@@H](COC(=O)C(C)(C)C)OC(C)(C)C. The molecule has 4 aromatic rings. The maximum absolute atomic E-state index is 12.8. The van der Waals surface area contributed by atoms with Crippen LogP contribution in [0.3, 0.4) is 0 Å². The highest BCUT2D eigenvalue weighted by molar-refractivity contribution is 6.08. The highest BCUT2D eigenvalue weighted by Gasteiger charge is 2.31. The van der Waals surface area contributed by atoms with Gasteiger partial charge in [-0.05, 0) is 99.7 Å². The predicted molar refractivity (Wildman–Crippen MR) is 153 cm³/mol. The Labute approximate surface area is 225 Å². The molecule has 2 heterocycles. The minimum absolute atomic E-state index is 0.122. The third kappa shape index (κ3) is 5.00. The molecule has 0 N–H and O–H groups in total. The molecular weight excluding hydrogens is 474 g/mol. The van der Waals surface area contributed by atoms with Crippen molar-refractivity contribution in [2.75, 3.05) is 13.2 Å². The summed E-state index contributed by atoms with van der Waals surface area (Å²) >= 11 is 0. The lowest BCUT2D eigenvalue weighted by molar-refractivity contribution is -0.162. The third-order valence-corrected chi connectivity index (χ3v) is 6.93. The van der Waals surface area contributed by atoms with Crippen molar-refractivity contribution in [3.05, 3.63) is 71.4 Å². The van der Waals surface area contributed by atoms with Gasteiger partial charge in [-0.1, -0.05) is 30.3 Å². The van der Waals surface area contributed by atoms with Gasteiger partial charge in [0.2, 0.25) is 0 Å². The predicted octanol–water partition coefficient (Wildman–Crippen LogP) is 7.74. The Balaban J connectivity index is 1.78. The van der Waals surface area contributed by atoms with Crippen molar-refractivity contribution in [2.45, 2.75) is 66.6 Å². The van der Waals surface area contributed by atoms with E-state index in [1.165, 1.54) is 5.56 Å². The van der Waals surface area contributed by atoms with Crippen LogP contribution in [0, 0.1) is 12.3 Å². The van der Waals surface area contributed by atoms with Gasteiger partial charge in [0.05, 0.1) is 23.1 Å². The maximum atomic E-state index is 12.8. The first kappa shape index (κ1) is 26.2. The molecule has 5 nitrogen and oxygen atoms in total. The molecule has 1 aliphatic heterocycles. The van der Waals surface area contributed by atoms with Crippen LogP contribution in [0.4, 0.5) is 0 Å². The molecule has 0 unspecified atom stereocenters. The fourth-order valence-electron chi connectivity index (χ4n) is 5.28. The summed E-state index contributed by atoms with van der Waals surface area (Å²) in [5, 5.41) is 3.32. The molecule has 0 radical (unpaired) electrons. The summed E-state index contributed by atoms with van der Waals surface area (Å²) in [5.74, 6) is 0.624. The number of carbonyl (C=O) groups excluding carboxylic acids is 1. The van der Waals surface area contributed by atoms with Crippen LogP contribution < -0.4 is 4.74 Å². The van der Waals surface area contributed by atoms with Gasteiger partial charge in [-0.15, -0.1) is 0 Å². The molecule has 0 bridgehead atoms. The van der Waals surface area contributed by atoms with Crippen molar-refractivity contribution in [3.8, 4) is 16.9 Å². The first-order valence-electron chi connectivity index (χ1n) is 13.3. The summed E-state index contributed by atoms with van der Waals surface area (Å²) in [6.07, 6.45) is 2.28. The van der Waals surface area contributed by atoms with E-state index >= 15 is 0 Å². The Morgan fingerprint density at radius 3 is 2.55 bits per heavy atom. The zero-order valence-corrected chi connectivity index (χ0v) is 23.5. The number of rotatable bonds is 5. The molecule has 0 spiro atoms. The van der Waals surface area contributed by atoms with Crippen LogP contribution >= 0.6 is 0 Å². The van der Waals surface area contributed by atoms with Crippen LogP contribution in [-0.2, 0) is 20.7 Å². The van der Waals surface area contributed by atoms with Crippen LogP contribution in [0.1, 0.15) is 64.3 Å². The van der Waals surface area contributed by atoms with Gasteiger partial charge in [0.15, 0.2) is 0 Å². The molecule has 38 heavy (non-hydrogen) atoms. The molecule has 1 aromatic heterocycles. The number of aromatic nitrogens is 1. The van der Waals surface area contributed by atoms with Crippen LogP contribution in [-0.4, -0.2) is 29.8 Å². The van der Waals surface area contributed by atoms with E-state index in [-0.39, 0.29) is 12.6 Å². The second kappa shape index (κ2) is 9.70. The van der Waals surface area contributed by atoms with E-state index in [4.69, 9.17) is 19.2 Å². The first-order valence-corrected chi connectivity index (χ1v) is 13.3. The van der Waals surface area contributed by atoms with Crippen molar-refractivity contribution in [3.63, 3.8) is 0 Å². The van der Waals surface area contributed by atoms with Gasteiger partial charge in [0, 0.05) is 23.6 Å². The summed E-state index contributed by atoms with van der Waals surface area (Å²) in [7, 11) is 0. The lowest BCUT2D eigenvalue weighted by Crippen LogP contribution is -2.30. The summed E-state index contributed by atoms with van der Waals surface area (Å²) in [4.78, 5) is 17.7. The van der Waals surface area contributed by atoms with Crippen LogP contribution in [0.25, 0.3) is 32.8 Å². The average Bonchev–Trinajstić information content (AvgIpc) is 2.85. The average molecular weight is 512 g/mol. The summed E-state index contributed by atoms with van der Waals surface area (Å²) < 4.78 is 18.5. The molecule has 0 fully saturated rings. The van der Waals surface area contributed by atoms with E-state index in [2.05, 4.69) is 55.5 Å². The molecule has 0 aliphatic carbocycles. The molecule has 1 aliphatic rings. The summed E-state index contributed by atoms with van der Waals surface area (Å²) in [6, 6.07) is 16.9. The van der Waals surface area contributed by atoms with Gasteiger partial charge in [-0.25, -0.2) is 0 Å². The molecule has 0 saturated carbocycles. The highest BCUT2D eigenvalue weighted by atomic mass is 16.6. The summed E-state index contributed by atoms with van der Waals surface area (Å²) in [5.41, 5.74) is 5.28. The zero-order valence-electron chi connectivity index (χ0n) is 23.5. The standard InChI is InChI=1S/C33H37NO4/c1-20-18-22-10-8-9-11-23(22)29(24-12-13-25-28-21(15-17-36-25)14-16-34-30(24)28)27(20)26(38-33(5,6)7)19-37-31(35)32(2,3)4/h8-14,16,18,26H,15,17,19H2,1-7H3/t26-/m1/s1. The van der Waals surface area contributed by atoms with Gasteiger partial charge in [0.1, 0.15) is 18.5 Å². The minimum Gasteiger partial charge on any atom is -0.493 e. The fourth-order valence-corrected chi connectivity index (χ4v) is 5.28. The van der Waals surface area contributed by atoms with Crippen LogP contribution in [0.15, 0.2) is 54.7 Å². The lowest BCUT2D eigenvalue weighted by atomic mass is 9.85. The van der Waals surface area contributed by atoms with Crippen LogP contribution in [0.2, 0.25) is 0 Å². The molecule has 5 heteroatoms. The smallest absolute Gasteiger partial charge is 0.311 e. The number of carbonyl (C=O) groups is 1. The molecule has 198 valence electrons. The molecular formula is C33H37NO4. The van der Waals surface area contributed by atoms with E-state index in [1.54, 1.807) is 0 Å². The monoisotopic (exact) mass is 511 g/mol. The van der Waals surface area contributed by atoms with E-state index in [0.29, 0.717) is 6.61 Å². The lowest BCUT2D eigenvalue weighted by Gasteiger charge is -2.32. The first-order chi connectivity index (χ1) is 17.9. The largest absolute Gasteiger partial charge is 0.493 e. The van der Waals surface area contributed by atoms with Crippen molar-refractivity contribution in [2.24, 2.45) is 5.41 Å². The molecule has 5 rings (SSSR count). The summed E-state index contributed by atoms with van der Waals surface area (Å²) in [6.45, 7) is 14.6. The van der Waals surface area contributed by atoms with Gasteiger partial charge in [-0.3, -0.25) is 9.78 Å². The second-order valence-corrected chi connectivity index (χ2v) is 12.2. The quantitative estimate of drug-likeness (QED) is 0.257. The minimum atomic E-state index is -0.604. The van der Waals surface area contributed by atoms with E-state index in [9.17, 15) is 4.79 Å². The van der Waals surface area contributed by atoms with Gasteiger partial charge >= 0.3 is 5.97 Å². The van der Waals surface area contributed by atoms with Crippen molar-refractivity contribution < 1.29 is 19.0 Å². The number of nitrogens with zero attached hydrogens (tertiary/aromatic N) is 1. The number of esters is 1. The van der Waals surface area contributed by atoms with Gasteiger partial charge < -0.3 is 14.2 Å². The molecule has 3 aromatic carbocycles. The topological polar surface area (TPSA) is 57.7 Å². The number of benzene rings is 3. The molecule has 0 amide bonds. The Morgan fingerprint density at radius 1 is 1.05 bits per heavy atom. The Morgan fingerprint density at radius 2 is 1.82 bits per heavy atom. The van der Waals surface area contributed by atoms with Gasteiger partial charge in [-0.2, -0.15) is 0 Å². The van der Waals surface area contributed by atoms with Crippen molar-refractivity contribution in [1.29, 1.82) is 0 Å². The fraction of sp³-hybridized carbons (Fsp3) is 0.394. The zero-order chi connectivity index (χ0) is 27.2. The van der Waals surface area contributed by atoms with Gasteiger partial charge in [0.25, 0.3) is 0 Å². The third-order valence-electron chi connectivity index (χ3n) is 6.93. The maximum Gasteiger partial charge on any atom is 0.311 e. The number of fused-ring (bicyclic) bond motifs is 1. The number of aryl methyl sites for hydroxylation is 1. The Kier molecular flexibility index (Phi) is 6.68. The highest BCUT2D eigenvalue weighted by Crippen LogP contribution is 2.45. The normalized spacial score (nSPS) is 14.4. The Bertz CT molecular complexity index is 1510. The van der Waals surface area contributed by atoms with E-state index in [0.717, 1.165) is 56.1 Å². The Hall–Kier alpha value is -3.44. The number of ether oxygens (including phenoxy) is 3. The second-order valence-electron chi connectivity index (χ2n) is 12.2. The number of hydrogen-bond acceptors (Lipinski definition) is 5. The van der Waals surface area contributed by atoms with E-state index in [1.807, 2.05) is 47.7 Å². The van der Waals surface area contributed by atoms with E-state index < -0.39 is 17.1 Å². The van der Waals surface area contributed by atoms with Crippen molar-refractivity contribution in [1.82, 2.24) is 4.98 Å². The molecule has 1 atom stereocenters.